The molecule has 1 aliphatic rings. The number of hydrogen-bond donors (Lipinski definition) is 0. The zero-order valence-electron chi connectivity index (χ0n) is 10.7. The summed E-state index contributed by atoms with van der Waals surface area (Å²) in [5.41, 5.74) is 0.758. The number of ketones is 1. The number of rotatable bonds is 5. The van der Waals surface area contributed by atoms with Gasteiger partial charge in [0, 0.05) is 24.4 Å². The summed E-state index contributed by atoms with van der Waals surface area (Å²) in [6.45, 7) is 6.44. The van der Waals surface area contributed by atoms with Crippen LogP contribution < -0.4 is 4.90 Å². The van der Waals surface area contributed by atoms with Crippen LogP contribution in [0.1, 0.15) is 54.9 Å². The van der Waals surface area contributed by atoms with Crippen LogP contribution in [0.2, 0.25) is 0 Å². The van der Waals surface area contributed by atoms with Crippen molar-refractivity contribution in [3.63, 3.8) is 0 Å². The van der Waals surface area contributed by atoms with E-state index >= 15 is 0 Å². The lowest BCUT2D eigenvalue weighted by molar-refractivity contribution is 0.0968. The highest BCUT2D eigenvalue weighted by molar-refractivity contribution is 7.16. The SMILES string of the molecule is CCCN(CCC)c1nc2c(s1)CCCC2=O. The molecule has 3 nitrogen and oxygen atoms in total. The van der Waals surface area contributed by atoms with Gasteiger partial charge in [0.25, 0.3) is 0 Å². The number of aryl methyl sites for hydroxylation is 1. The highest BCUT2D eigenvalue weighted by atomic mass is 32.1. The molecule has 0 amide bonds. The van der Waals surface area contributed by atoms with Gasteiger partial charge in [-0.25, -0.2) is 4.98 Å². The molecule has 0 fully saturated rings. The van der Waals surface area contributed by atoms with Gasteiger partial charge in [-0.3, -0.25) is 4.79 Å². The van der Waals surface area contributed by atoms with Crippen molar-refractivity contribution < 1.29 is 4.79 Å². The van der Waals surface area contributed by atoms with E-state index in [0.29, 0.717) is 6.42 Å². The van der Waals surface area contributed by atoms with E-state index in [4.69, 9.17) is 0 Å². The molecule has 0 saturated heterocycles. The number of thiazole rings is 1. The van der Waals surface area contributed by atoms with Crippen molar-refractivity contribution in [3.05, 3.63) is 10.6 Å². The van der Waals surface area contributed by atoms with Gasteiger partial charge in [-0.05, 0) is 25.7 Å². The second kappa shape index (κ2) is 5.63. The number of carbonyl (C=O) groups is 1. The second-order valence-electron chi connectivity index (χ2n) is 4.53. The van der Waals surface area contributed by atoms with Crippen LogP contribution >= 0.6 is 11.3 Å². The number of carbonyl (C=O) groups excluding carboxylic acids is 1. The summed E-state index contributed by atoms with van der Waals surface area (Å²) >= 11 is 1.72. The van der Waals surface area contributed by atoms with Gasteiger partial charge in [0.1, 0.15) is 5.69 Å². The first-order valence-corrected chi connectivity index (χ1v) is 7.35. The van der Waals surface area contributed by atoms with E-state index in [0.717, 1.165) is 49.6 Å². The third-order valence-corrected chi connectivity index (χ3v) is 4.19. The number of Topliss-reactive ketones (excluding diaryl/α,β-unsaturated/α-hetero) is 1. The van der Waals surface area contributed by atoms with Gasteiger partial charge in [-0.15, -0.1) is 11.3 Å². The van der Waals surface area contributed by atoms with E-state index in [2.05, 4.69) is 23.7 Å². The van der Waals surface area contributed by atoms with Gasteiger partial charge in [-0.1, -0.05) is 13.8 Å². The number of aromatic nitrogens is 1. The van der Waals surface area contributed by atoms with E-state index in [-0.39, 0.29) is 5.78 Å². The first-order chi connectivity index (χ1) is 8.26. The summed E-state index contributed by atoms with van der Waals surface area (Å²) in [6, 6.07) is 0. The van der Waals surface area contributed by atoms with E-state index in [9.17, 15) is 4.79 Å². The lowest BCUT2D eigenvalue weighted by atomic mass is 10.0. The summed E-state index contributed by atoms with van der Waals surface area (Å²) in [5.74, 6) is 0.238. The van der Waals surface area contributed by atoms with Crippen molar-refractivity contribution in [1.82, 2.24) is 4.98 Å². The number of anilines is 1. The minimum atomic E-state index is 0.238. The molecule has 17 heavy (non-hydrogen) atoms. The molecule has 94 valence electrons. The van der Waals surface area contributed by atoms with E-state index in [1.165, 1.54) is 4.88 Å². The van der Waals surface area contributed by atoms with Crippen molar-refractivity contribution in [2.24, 2.45) is 0 Å². The predicted molar refractivity (Wildman–Crippen MR) is 72.2 cm³/mol. The molecular formula is C13H20N2OS. The molecule has 2 rings (SSSR count). The first-order valence-electron chi connectivity index (χ1n) is 6.54. The van der Waals surface area contributed by atoms with Gasteiger partial charge in [-0.2, -0.15) is 0 Å². The maximum Gasteiger partial charge on any atom is 0.186 e. The average molecular weight is 252 g/mol. The minimum absolute atomic E-state index is 0.238. The van der Waals surface area contributed by atoms with Gasteiger partial charge in [0.05, 0.1) is 0 Å². The summed E-state index contributed by atoms with van der Waals surface area (Å²) < 4.78 is 0. The summed E-state index contributed by atoms with van der Waals surface area (Å²) in [4.78, 5) is 19.8. The Bertz CT molecular complexity index is 394. The number of nitrogens with zero attached hydrogens (tertiary/aromatic N) is 2. The largest absolute Gasteiger partial charge is 0.348 e. The maximum absolute atomic E-state index is 11.8. The summed E-state index contributed by atoms with van der Waals surface area (Å²) in [5, 5.41) is 1.05. The number of hydrogen-bond acceptors (Lipinski definition) is 4. The third-order valence-electron chi connectivity index (χ3n) is 3.02. The van der Waals surface area contributed by atoms with Crippen LogP contribution in [0.4, 0.5) is 5.13 Å². The fourth-order valence-corrected chi connectivity index (χ4v) is 3.40. The second-order valence-corrected chi connectivity index (χ2v) is 5.59. The summed E-state index contributed by atoms with van der Waals surface area (Å²) in [6.07, 6.45) is 4.95. The Morgan fingerprint density at radius 1 is 1.24 bits per heavy atom. The lowest BCUT2D eigenvalue weighted by Crippen LogP contribution is -2.24. The van der Waals surface area contributed by atoms with Gasteiger partial charge < -0.3 is 4.90 Å². The van der Waals surface area contributed by atoms with Crippen LogP contribution in [0.5, 0.6) is 0 Å². The third kappa shape index (κ3) is 2.68. The minimum Gasteiger partial charge on any atom is -0.348 e. The molecule has 0 radical (unpaired) electrons. The smallest absolute Gasteiger partial charge is 0.186 e. The van der Waals surface area contributed by atoms with E-state index in [1.54, 1.807) is 11.3 Å². The van der Waals surface area contributed by atoms with Crippen molar-refractivity contribution >= 4 is 22.3 Å². The molecule has 0 bridgehead atoms. The molecule has 1 heterocycles. The molecule has 0 aliphatic heterocycles. The standard InChI is InChI=1S/C13H20N2OS/c1-3-8-15(9-4-2)13-14-12-10(16)6-5-7-11(12)17-13/h3-9H2,1-2H3. The van der Waals surface area contributed by atoms with Crippen LogP contribution in [-0.2, 0) is 6.42 Å². The highest BCUT2D eigenvalue weighted by Crippen LogP contribution is 2.31. The number of fused-ring (bicyclic) bond motifs is 1. The van der Waals surface area contributed by atoms with Crippen LogP contribution in [0.25, 0.3) is 0 Å². The molecule has 1 aliphatic carbocycles. The molecule has 4 heteroatoms. The molecule has 0 N–H and O–H groups in total. The Hall–Kier alpha value is -0.900. The van der Waals surface area contributed by atoms with E-state index in [1.807, 2.05) is 0 Å². The Kier molecular flexibility index (Phi) is 4.15. The Balaban J connectivity index is 2.22. The summed E-state index contributed by atoms with van der Waals surface area (Å²) in [7, 11) is 0. The molecule has 1 aromatic heterocycles. The zero-order valence-corrected chi connectivity index (χ0v) is 11.5. The Morgan fingerprint density at radius 2 is 1.94 bits per heavy atom. The fourth-order valence-electron chi connectivity index (χ4n) is 2.23. The van der Waals surface area contributed by atoms with Crippen molar-refractivity contribution in [1.29, 1.82) is 0 Å². The van der Waals surface area contributed by atoms with Crippen LogP contribution in [-0.4, -0.2) is 23.9 Å². The predicted octanol–water partition coefficient (Wildman–Crippen LogP) is 3.29. The van der Waals surface area contributed by atoms with Gasteiger partial charge in [0.2, 0.25) is 0 Å². The van der Waals surface area contributed by atoms with E-state index < -0.39 is 0 Å². The molecular weight excluding hydrogens is 232 g/mol. The molecule has 0 atom stereocenters. The highest BCUT2D eigenvalue weighted by Gasteiger charge is 2.23. The zero-order chi connectivity index (χ0) is 12.3. The molecule has 0 unspecified atom stereocenters. The molecule has 0 aromatic carbocycles. The molecule has 1 aromatic rings. The van der Waals surface area contributed by atoms with Crippen LogP contribution in [0.15, 0.2) is 0 Å². The van der Waals surface area contributed by atoms with Gasteiger partial charge >= 0.3 is 0 Å². The van der Waals surface area contributed by atoms with Crippen molar-refractivity contribution in [2.45, 2.75) is 46.0 Å². The fraction of sp³-hybridized carbons (Fsp3) is 0.692. The first kappa shape index (κ1) is 12.6. The van der Waals surface area contributed by atoms with Gasteiger partial charge in [0.15, 0.2) is 10.9 Å². The Morgan fingerprint density at radius 3 is 2.53 bits per heavy atom. The topological polar surface area (TPSA) is 33.2 Å². The lowest BCUT2D eigenvalue weighted by Gasteiger charge is -2.19. The van der Waals surface area contributed by atoms with Crippen molar-refractivity contribution in [2.75, 3.05) is 18.0 Å². The Labute approximate surface area is 107 Å². The molecule has 0 saturated carbocycles. The van der Waals surface area contributed by atoms with Crippen LogP contribution in [0, 0.1) is 0 Å². The quantitative estimate of drug-likeness (QED) is 0.806. The maximum atomic E-state index is 11.8. The van der Waals surface area contributed by atoms with Crippen molar-refractivity contribution in [3.8, 4) is 0 Å². The van der Waals surface area contributed by atoms with Crippen LogP contribution in [0.3, 0.4) is 0 Å². The monoisotopic (exact) mass is 252 g/mol. The molecule has 0 spiro atoms. The average Bonchev–Trinajstić information content (AvgIpc) is 2.74. The normalized spacial score (nSPS) is 14.8.